The summed E-state index contributed by atoms with van der Waals surface area (Å²) >= 11 is 2.05. The number of hydrogen-bond acceptors (Lipinski definition) is 4. The SMILES string of the molecule is CNC(CSCC1CCCC1)c1cc(OC)ccc1OC. The molecule has 3 nitrogen and oxygen atoms in total. The third-order valence-corrected chi connectivity index (χ3v) is 5.55. The molecule has 2 rings (SSSR count). The lowest BCUT2D eigenvalue weighted by atomic mass is 10.1. The fourth-order valence-corrected chi connectivity index (χ4v) is 4.35. The molecule has 1 fully saturated rings. The van der Waals surface area contributed by atoms with E-state index in [4.69, 9.17) is 9.47 Å². The zero-order chi connectivity index (χ0) is 15.1. The number of nitrogens with one attached hydrogen (secondary N) is 1. The summed E-state index contributed by atoms with van der Waals surface area (Å²) in [7, 11) is 5.44. The highest BCUT2D eigenvalue weighted by molar-refractivity contribution is 7.99. The first kappa shape index (κ1) is 16.5. The van der Waals surface area contributed by atoms with Gasteiger partial charge in [0.2, 0.25) is 0 Å². The van der Waals surface area contributed by atoms with Gasteiger partial charge in [0.05, 0.1) is 14.2 Å². The third kappa shape index (κ3) is 4.55. The maximum atomic E-state index is 5.50. The van der Waals surface area contributed by atoms with E-state index in [1.807, 2.05) is 19.2 Å². The molecule has 21 heavy (non-hydrogen) atoms. The highest BCUT2D eigenvalue weighted by atomic mass is 32.2. The van der Waals surface area contributed by atoms with Gasteiger partial charge in [-0.25, -0.2) is 0 Å². The summed E-state index contributed by atoms with van der Waals surface area (Å²) in [6, 6.07) is 6.30. The van der Waals surface area contributed by atoms with Gasteiger partial charge in [0, 0.05) is 17.4 Å². The average Bonchev–Trinajstić information content (AvgIpc) is 3.04. The molecule has 1 N–H and O–H groups in total. The first-order valence-electron chi connectivity index (χ1n) is 7.75. The van der Waals surface area contributed by atoms with E-state index in [2.05, 4.69) is 23.1 Å². The Bertz CT molecular complexity index is 433. The fourth-order valence-electron chi connectivity index (χ4n) is 2.97. The van der Waals surface area contributed by atoms with Gasteiger partial charge in [-0.3, -0.25) is 0 Å². The lowest BCUT2D eigenvalue weighted by Gasteiger charge is -2.20. The van der Waals surface area contributed by atoms with Crippen molar-refractivity contribution >= 4 is 11.8 Å². The van der Waals surface area contributed by atoms with E-state index >= 15 is 0 Å². The molecule has 1 atom stereocenters. The van der Waals surface area contributed by atoms with Crippen LogP contribution >= 0.6 is 11.8 Å². The van der Waals surface area contributed by atoms with Crippen LogP contribution in [0.3, 0.4) is 0 Å². The Morgan fingerprint density at radius 2 is 2.00 bits per heavy atom. The van der Waals surface area contributed by atoms with Crippen LogP contribution < -0.4 is 14.8 Å². The lowest BCUT2D eigenvalue weighted by molar-refractivity contribution is 0.394. The second-order valence-electron chi connectivity index (χ2n) is 5.64. The van der Waals surface area contributed by atoms with Crippen LogP contribution in [0.2, 0.25) is 0 Å². The maximum Gasteiger partial charge on any atom is 0.123 e. The molecule has 0 aliphatic heterocycles. The van der Waals surface area contributed by atoms with Crippen molar-refractivity contribution in [3.63, 3.8) is 0 Å². The van der Waals surface area contributed by atoms with Gasteiger partial charge in [-0.1, -0.05) is 12.8 Å². The van der Waals surface area contributed by atoms with Crippen molar-refractivity contribution in [2.45, 2.75) is 31.7 Å². The van der Waals surface area contributed by atoms with E-state index < -0.39 is 0 Å². The zero-order valence-corrected chi connectivity index (χ0v) is 14.2. The van der Waals surface area contributed by atoms with Crippen LogP contribution in [0.1, 0.15) is 37.3 Å². The molecule has 1 aliphatic rings. The molecule has 1 saturated carbocycles. The van der Waals surface area contributed by atoms with E-state index in [1.54, 1.807) is 14.2 Å². The quantitative estimate of drug-likeness (QED) is 0.789. The minimum atomic E-state index is 0.293. The Hall–Kier alpha value is -0.870. The van der Waals surface area contributed by atoms with E-state index in [0.717, 1.165) is 23.2 Å². The van der Waals surface area contributed by atoms with Gasteiger partial charge in [0.15, 0.2) is 0 Å². The van der Waals surface area contributed by atoms with Crippen LogP contribution in [0, 0.1) is 5.92 Å². The van der Waals surface area contributed by atoms with Gasteiger partial charge < -0.3 is 14.8 Å². The van der Waals surface area contributed by atoms with E-state index in [0.29, 0.717) is 6.04 Å². The van der Waals surface area contributed by atoms with Crippen LogP contribution in [0.5, 0.6) is 11.5 Å². The molecule has 4 heteroatoms. The molecule has 0 spiro atoms. The molecular formula is C17H27NO2S. The summed E-state index contributed by atoms with van der Waals surface area (Å²) in [5.41, 5.74) is 1.18. The number of thioether (sulfide) groups is 1. The molecule has 0 bridgehead atoms. The van der Waals surface area contributed by atoms with Crippen molar-refractivity contribution in [2.75, 3.05) is 32.8 Å². The molecule has 1 unspecified atom stereocenters. The van der Waals surface area contributed by atoms with Gasteiger partial charge in [0.25, 0.3) is 0 Å². The topological polar surface area (TPSA) is 30.5 Å². The van der Waals surface area contributed by atoms with Crippen LogP contribution in [-0.2, 0) is 0 Å². The summed E-state index contributed by atoms with van der Waals surface area (Å²) in [5, 5.41) is 3.41. The monoisotopic (exact) mass is 309 g/mol. The minimum Gasteiger partial charge on any atom is -0.497 e. The summed E-state index contributed by atoms with van der Waals surface area (Å²) in [5.74, 6) is 5.09. The van der Waals surface area contributed by atoms with Gasteiger partial charge in [0.1, 0.15) is 11.5 Å². The summed E-state index contributed by atoms with van der Waals surface area (Å²) < 4.78 is 10.8. The lowest BCUT2D eigenvalue weighted by Crippen LogP contribution is -2.20. The number of hydrogen-bond donors (Lipinski definition) is 1. The zero-order valence-electron chi connectivity index (χ0n) is 13.4. The highest BCUT2D eigenvalue weighted by Gasteiger charge is 2.18. The predicted molar refractivity (Wildman–Crippen MR) is 90.6 cm³/mol. The summed E-state index contributed by atoms with van der Waals surface area (Å²) in [6.45, 7) is 0. The number of methoxy groups -OCH3 is 2. The smallest absolute Gasteiger partial charge is 0.123 e. The highest BCUT2D eigenvalue weighted by Crippen LogP contribution is 2.33. The molecule has 1 aliphatic carbocycles. The van der Waals surface area contributed by atoms with Crippen molar-refractivity contribution in [1.82, 2.24) is 5.32 Å². The Balaban J connectivity index is 1.98. The largest absolute Gasteiger partial charge is 0.497 e. The first-order chi connectivity index (χ1) is 10.3. The van der Waals surface area contributed by atoms with Gasteiger partial charge in [-0.2, -0.15) is 11.8 Å². The van der Waals surface area contributed by atoms with E-state index in [1.165, 1.54) is 37.0 Å². The Morgan fingerprint density at radius 1 is 1.24 bits per heavy atom. The Morgan fingerprint density at radius 3 is 2.62 bits per heavy atom. The molecule has 1 aromatic carbocycles. The van der Waals surface area contributed by atoms with Gasteiger partial charge in [-0.05, 0) is 49.8 Å². The average molecular weight is 309 g/mol. The Labute approximate surface area is 132 Å². The molecule has 0 aromatic heterocycles. The van der Waals surface area contributed by atoms with Crippen LogP contribution in [0.4, 0.5) is 0 Å². The predicted octanol–water partition coefficient (Wildman–Crippen LogP) is 3.89. The van der Waals surface area contributed by atoms with Crippen LogP contribution in [-0.4, -0.2) is 32.8 Å². The fraction of sp³-hybridized carbons (Fsp3) is 0.647. The van der Waals surface area contributed by atoms with Gasteiger partial charge >= 0.3 is 0 Å². The summed E-state index contributed by atoms with van der Waals surface area (Å²) in [4.78, 5) is 0. The molecule has 118 valence electrons. The van der Waals surface area contributed by atoms with Crippen LogP contribution in [0.25, 0.3) is 0 Å². The van der Waals surface area contributed by atoms with Gasteiger partial charge in [-0.15, -0.1) is 0 Å². The van der Waals surface area contributed by atoms with Crippen LogP contribution in [0.15, 0.2) is 18.2 Å². The number of ether oxygens (including phenoxy) is 2. The number of rotatable bonds is 8. The van der Waals surface area contributed by atoms with E-state index in [-0.39, 0.29) is 0 Å². The molecule has 0 amide bonds. The summed E-state index contributed by atoms with van der Waals surface area (Å²) in [6.07, 6.45) is 5.67. The van der Waals surface area contributed by atoms with Crippen molar-refractivity contribution in [1.29, 1.82) is 0 Å². The van der Waals surface area contributed by atoms with E-state index in [9.17, 15) is 0 Å². The second kappa shape index (κ2) is 8.54. The molecule has 0 radical (unpaired) electrons. The molecular weight excluding hydrogens is 282 g/mol. The minimum absolute atomic E-state index is 0.293. The third-order valence-electron chi connectivity index (χ3n) is 4.27. The Kier molecular flexibility index (Phi) is 6.71. The molecule has 0 saturated heterocycles. The van der Waals surface area contributed by atoms with Crippen molar-refractivity contribution in [3.8, 4) is 11.5 Å². The normalized spacial score (nSPS) is 16.9. The standard InChI is InChI=1S/C17H27NO2S/c1-18-16(12-21-11-13-6-4-5-7-13)15-10-14(19-2)8-9-17(15)20-3/h8-10,13,16,18H,4-7,11-12H2,1-3H3. The number of benzene rings is 1. The van der Waals surface area contributed by atoms with Crippen molar-refractivity contribution < 1.29 is 9.47 Å². The van der Waals surface area contributed by atoms with Crippen molar-refractivity contribution in [2.24, 2.45) is 5.92 Å². The second-order valence-corrected chi connectivity index (χ2v) is 6.71. The van der Waals surface area contributed by atoms with Crippen molar-refractivity contribution in [3.05, 3.63) is 23.8 Å². The molecule has 1 aromatic rings. The molecule has 0 heterocycles. The maximum absolute atomic E-state index is 5.50. The first-order valence-corrected chi connectivity index (χ1v) is 8.91.